The van der Waals surface area contributed by atoms with Gasteiger partial charge in [-0.1, -0.05) is 43.7 Å². The summed E-state index contributed by atoms with van der Waals surface area (Å²) in [7, 11) is 1.77. The van der Waals surface area contributed by atoms with Crippen LogP contribution < -0.4 is 5.32 Å². The zero-order chi connectivity index (χ0) is 16.1. The molecular formula is C17H28N4O2. The van der Waals surface area contributed by atoms with Crippen molar-refractivity contribution in [2.45, 2.75) is 70.3 Å². The molecule has 1 N–H and O–H groups in total. The maximum Gasteiger partial charge on any atom is 0.317 e. The maximum absolute atomic E-state index is 12.1. The van der Waals surface area contributed by atoms with Crippen LogP contribution in [0.15, 0.2) is 4.52 Å². The van der Waals surface area contributed by atoms with E-state index in [2.05, 4.69) is 15.5 Å². The van der Waals surface area contributed by atoms with Crippen LogP contribution in [0.2, 0.25) is 0 Å². The number of amides is 2. The molecule has 6 heteroatoms. The SMILES string of the molecule is CN(Cc1noc(C2CC2)n1)C(=O)NCCC1CCCCCC1. The van der Waals surface area contributed by atoms with Crippen molar-refractivity contribution < 1.29 is 9.32 Å². The van der Waals surface area contributed by atoms with Crippen molar-refractivity contribution in [2.75, 3.05) is 13.6 Å². The zero-order valence-electron chi connectivity index (χ0n) is 14.1. The summed E-state index contributed by atoms with van der Waals surface area (Å²) < 4.78 is 5.22. The highest BCUT2D eigenvalue weighted by atomic mass is 16.5. The lowest BCUT2D eigenvalue weighted by molar-refractivity contribution is 0.204. The van der Waals surface area contributed by atoms with Crippen molar-refractivity contribution in [2.24, 2.45) is 5.92 Å². The Labute approximate surface area is 138 Å². The van der Waals surface area contributed by atoms with Crippen LogP contribution in [-0.4, -0.2) is 34.7 Å². The molecular weight excluding hydrogens is 292 g/mol. The van der Waals surface area contributed by atoms with Crippen LogP contribution in [0.25, 0.3) is 0 Å². The zero-order valence-corrected chi connectivity index (χ0v) is 14.1. The van der Waals surface area contributed by atoms with Gasteiger partial charge in [-0.3, -0.25) is 0 Å². The van der Waals surface area contributed by atoms with Gasteiger partial charge in [-0.2, -0.15) is 4.98 Å². The fourth-order valence-corrected chi connectivity index (χ4v) is 3.28. The summed E-state index contributed by atoms with van der Waals surface area (Å²) in [6.07, 6.45) is 11.4. The molecule has 1 aromatic heterocycles. The second-order valence-corrected chi connectivity index (χ2v) is 7.06. The molecule has 1 aromatic rings. The van der Waals surface area contributed by atoms with Gasteiger partial charge in [0, 0.05) is 19.5 Å². The van der Waals surface area contributed by atoms with Gasteiger partial charge >= 0.3 is 6.03 Å². The van der Waals surface area contributed by atoms with Crippen LogP contribution in [0.5, 0.6) is 0 Å². The van der Waals surface area contributed by atoms with Gasteiger partial charge < -0.3 is 14.7 Å². The molecule has 0 unspecified atom stereocenters. The first-order chi connectivity index (χ1) is 11.2. The van der Waals surface area contributed by atoms with E-state index in [0.717, 1.165) is 37.6 Å². The Morgan fingerprint density at radius 1 is 1.22 bits per heavy atom. The first-order valence-electron chi connectivity index (χ1n) is 9.04. The molecule has 23 heavy (non-hydrogen) atoms. The second kappa shape index (κ2) is 7.79. The minimum atomic E-state index is -0.0589. The number of hydrogen-bond donors (Lipinski definition) is 1. The Balaban J connectivity index is 1.36. The summed E-state index contributed by atoms with van der Waals surface area (Å²) in [5.41, 5.74) is 0. The lowest BCUT2D eigenvalue weighted by Gasteiger charge is -2.18. The predicted molar refractivity (Wildman–Crippen MR) is 86.9 cm³/mol. The van der Waals surface area contributed by atoms with Crippen LogP contribution >= 0.6 is 0 Å². The van der Waals surface area contributed by atoms with E-state index >= 15 is 0 Å². The van der Waals surface area contributed by atoms with E-state index in [0.29, 0.717) is 18.3 Å². The highest BCUT2D eigenvalue weighted by Gasteiger charge is 2.29. The van der Waals surface area contributed by atoms with Gasteiger partial charge in [0.05, 0.1) is 6.54 Å². The maximum atomic E-state index is 12.1. The molecule has 2 saturated carbocycles. The third-order valence-corrected chi connectivity index (χ3v) is 4.94. The van der Waals surface area contributed by atoms with Gasteiger partial charge in [0.2, 0.25) is 5.89 Å². The molecule has 2 fully saturated rings. The van der Waals surface area contributed by atoms with E-state index in [9.17, 15) is 4.79 Å². The lowest BCUT2D eigenvalue weighted by Crippen LogP contribution is -2.38. The van der Waals surface area contributed by atoms with Crippen molar-refractivity contribution in [3.8, 4) is 0 Å². The number of nitrogens with zero attached hydrogens (tertiary/aromatic N) is 3. The van der Waals surface area contributed by atoms with Crippen LogP contribution in [0.1, 0.15) is 75.4 Å². The first kappa shape index (κ1) is 16.3. The highest BCUT2D eigenvalue weighted by molar-refractivity contribution is 5.73. The van der Waals surface area contributed by atoms with Crippen molar-refractivity contribution in [3.63, 3.8) is 0 Å². The number of rotatable bonds is 6. The molecule has 6 nitrogen and oxygen atoms in total. The Kier molecular flexibility index (Phi) is 5.51. The Morgan fingerprint density at radius 3 is 2.65 bits per heavy atom. The minimum absolute atomic E-state index is 0.0589. The summed E-state index contributed by atoms with van der Waals surface area (Å²) in [4.78, 5) is 18.1. The standard InChI is InChI=1S/C17H28N4O2/c1-21(12-15-19-16(23-20-15)14-8-9-14)17(22)18-11-10-13-6-4-2-3-5-7-13/h13-14H,2-12H2,1H3,(H,18,22). The summed E-state index contributed by atoms with van der Waals surface area (Å²) in [5, 5.41) is 6.97. The first-order valence-corrected chi connectivity index (χ1v) is 9.04. The molecule has 2 aliphatic carbocycles. The highest BCUT2D eigenvalue weighted by Crippen LogP contribution is 2.38. The number of hydrogen-bond acceptors (Lipinski definition) is 4. The minimum Gasteiger partial charge on any atom is -0.339 e. The molecule has 0 bridgehead atoms. The molecule has 0 spiro atoms. The van der Waals surface area contributed by atoms with E-state index in [1.165, 1.54) is 38.5 Å². The Hall–Kier alpha value is -1.59. The van der Waals surface area contributed by atoms with Crippen molar-refractivity contribution in [1.82, 2.24) is 20.4 Å². The second-order valence-electron chi connectivity index (χ2n) is 7.06. The van der Waals surface area contributed by atoms with Gasteiger partial charge in [0.25, 0.3) is 0 Å². The summed E-state index contributed by atoms with van der Waals surface area (Å²) in [5.74, 6) is 2.55. The fraction of sp³-hybridized carbons (Fsp3) is 0.824. The van der Waals surface area contributed by atoms with E-state index in [1.807, 2.05) is 0 Å². The van der Waals surface area contributed by atoms with Gasteiger partial charge in [0.1, 0.15) is 0 Å². The van der Waals surface area contributed by atoms with E-state index in [1.54, 1.807) is 11.9 Å². The summed E-state index contributed by atoms with van der Waals surface area (Å²) in [6, 6.07) is -0.0589. The van der Waals surface area contributed by atoms with Gasteiger partial charge in [-0.05, 0) is 25.2 Å². The monoisotopic (exact) mass is 320 g/mol. The molecule has 3 rings (SSSR count). The average Bonchev–Trinajstić information content (AvgIpc) is 3.33. The van der Waals surface area contributed by atoms with Gasteiger partial charge in [-0.25, -0.2) is 4.79 Å². The molecule has 0 aliphatic heterocycles. The summed E-state index contributed by atoms with van der Waals surface area (Å²) >= 11 is 0. The van der Waals surface area contributed by atoms with Crippen molar-refractivity contribution in [1.29, 1.82) is 0 Å². The fourth-order valence-electron chi connectivity index (χ4n) is 3.28. The molecule has 0 saturated heterocycles. The molecule has 0 atom stereocenters. The predicted octanol–water partition coefficient (Wildman–Crippen LogP) is 3.45. The molecule has 2 amide bonds. The van der Waals surface area contributed by atoms with Crippen LogP contribution in [-0.2, 0) is 6.54 Å². The van der Waals surface area contributed by atoms with Crippen LogP contribution in [0.3, 0.4) is 0 Å². The number of nitrogens with one attached hydrogen (secondary N) is 1. The quantitative estimate of drug-likeness (QED) is 0.815. The topological polar surface area (TPSA) is 71.3 Å². The van der Waals surface area contributed by atoms with Crippen LogP contribution in [0.4, 0.5) is 4.79 Å². The molecule has 2 aliphatic rings. The van der Waals surface area contributed by atoms with Gasteiger partial charge in [-0.15, -0.1) is 0 Å². The average molecular weight is 320 g/mol. The van der Waals surface area contributed by atoms with Crippen LogP contribution in [0, 0.1) is 5.92 Å². The molecule has 1 heterocycles. The third-order valence-electron chi connectivity index (χ3n) is 4.94. The number of urea groups is 1. The van der Waals surface area contributed by atoms with Crippen molar-refractivity contribution in [3.05, 3.63) is 11.7 Å². The number of aromatic nitrogens is 2. The third kappa shape index (κ3) is 4.94. The largest absolute Gasteiger partial charge is 0.339 e. The normalized spacial score (nSPS) is 19.3. The molecule has 0 radical (unpaired) electrons. The lowest BCUT2D eigenvalue weighted by atomic mass is 9.97. The smallest absolute Gasteiger partial charge is 0.317 e. The van der Waals surface area contributed by atoms with Crippen molar-refractivity contribution >= 4 is 6.03 Å². The van der Waals surface area contributed by atoms with E-state index in [-0.39, 0.29) is 6.03 Å². The number of carbonyl (C=O) groups excluding carboxylic acids is 1. The van der Waals surface area contributed by atoms with E-state index < -0.39 is 0 Å². The summed E-state index contributed by atoms with van der Waals surface area (Å²) in [6.45, 7) is 1.15. The Bertz CT molecular complexity index is 504. The van der Waals surface area contributed by atoms with Gasteiger partial charge in [0.15, 0.2) is 5.82 Å². The molecule has 128 valence electrons. The molecule has 0 aromatic carbocycles. The number of carbonyl (C=O) groups is 1. The Morgan fingerprint density at radius 2 is 1.96 bits per heavy atom. The van der Waals surface area contributed by atoms with E-state index in [4.69, 9.17) is 4.52 Å².